The molecule has 3 aliphatic heterocycles. The molecule has 3 aliphatic rings. The molecule has 24 heavy (non-hydrogen) atoms. The molecule has 7 heteroatoms. The second kappa shape index (κ2) is 4.23. The standard InChI is InChI=1S/C17H10F3NO3/c18-17(19,20)10-3-1-2-9-15(10)21-6-16(9)7-22-12-5-14-13(4-11(12)16)23-8-24-14/h1-6H,7-8H2. The Morgan fingerprint density at radius 2 is 1.75 bits per heavy atom. The number of benzene rings is 2. The van der Waals surface area contributed by atoms with Crippen LogP contribution >= 0.6 is 0 Å². The van der Waals surface area contributed by atoms with Gasteiger partial charge in [0.2, 0.25) is 6.79 Å². The second-order valence-corrected chi connectivity index (χ2v) is 5.92. The van der Waals surface area contributed by atoms with Gasteiger partial charge in [-0.15, -0.1) is 0 Å². The summed E-state index contributed by atoms with van der Waals surface area (Å²) in [4.78, 5) is 4.10. The summed E-state index contributed by atoms with van der Waals surface area (Å²) >= 11 is 0. The van der Waals surface area contributed by atoms with Crippen molar-refractivity contribution in [2.75, 3.05) is 13.4 Å². The van der Waals surface area contributed by atoms with Gasteiger partial charge in [-0.3, -0.25) is 4.99 Å². The number of aliphatic imine (C=N–C) groups is 1. The highest BCUT2D eigenvalue weighted by atomic mass is 19.4. The summed E-state index contributed by atoms with van der Waals surface area (Å²) in [6, 6.07) is 7.60. The molecule has 0 fully saturated rings. The van der Waals surface area contributed by atoms with Crippen LogP contribution in [0.5, 0.6) is 17.2 Å². The molecular weight excluding hydrogens is 323 g/mol. The van der Waals surface area contributed by atoms with Crippen molar-refractivity contribution >= 4 is 11.9 Å². The predicted octanol–water partition coefficient (Wildman–Crippen LogP) is 3.83. The summed E-state index contributed by atoms with van der Waals surface area (Å²) in [5, 5.41) is 0. The Kier molecular flexibility index (Phi) is 2.41. The van der Waals surface area contributed by atoms with Crippen molar-refractivity contribution in [2.45, 2.75) is 11.6 Å². The van der Waals surface area contributed by atoms with Crippen molar-refractivity contribution < 1.29 is 27.4 Å². The topological polar surface area (TPSA) is 40.0 Å². The van der Waals surface area contributed by atoms with E-state index >= 15 is 0 Å². The molecule has 0 amide bonds. The third kappa shape index (κ3) is 1.61. The van der Waals surface area contributed by atoms with Gasteiger partial charge >= 0.3 is 6.18 Å². The minimum atomic E-state index is -4.45. The normalized spacial score (nSPS) is 22.6. The maximum absolute atomic E-state index is 13.3. The fourth-order valence-electron chi connectivity index (χ4n) is 3.51. The molecule has 4 nitrogen and oxygen atoms in total. The number of halogens is 3. The van der Waals surface area contributed by atoms with Crippen molar-refractivity contribution in [1.82, 2.24) is 0 Å². The zero-order valence-corrected chi connectivity index (χ0v) is 12.2. The van der Waals surface area contributed by atoms with E-state index in [4.69, 9.17) is 14.2 Å². The van der Waals surface area contributed by atoms with E-state index in [1.54, 1.807) is 24.4 Å². The van der Waals surface area contributed by atoms with Gasteiger partial charge in [0.25, 0.3) is 0 Å². The molecule has 2 aromatic carbocycles. The zero-order valence-electron chi connectivity index (χ0n) is 12.2. The molecule has 0 saturated carbocycles. The molecular formula is C17H10F3NO3. The average Bonchev–Trinajstić information content (AvgIpc) is 3.24. The van der Waals surface area contributed by atoms with E-state index in [0.29, 0.717) is 22.8 Å². The highest BCUT2D eigenvalue weighted by Crippen LogP contribution is 2.54. The number of nitrogens with zero attached hydrogens (tertiary/aromatic N) is 1. The van der Waals surface area contributed by atoms with E-state index in [0.717, 1.165) is 11.6 Å². The Morgan fingerprint density at radius 1 is 0.958 bits per heavy atom. The van der Waals surface area contributed by atoms with Crippen molar-refractivity contribution in [3.05, 3.63) is 47.0 Å². The van der Waals surface area contributed by atoms with Gasteiger partial charge in [0.15, 0.2) is 11.5 Å². The van der Waals surface area contributed by atoms with Crippen LogP contribution in [0.15, 0.2) is 35.3 Å². The van der Waals surface area contributed by atoms with Crippen LogP contribution in [-0.4, -0.2) is 19.6 Å². The molecule has 3 heterocycles. The number of ether oxygens (including phenoxy) is 3. The molecule has 1 spiro atoms. The van der Waals surface area contributed by atoms with Crippen molar-refractivity contribution in [2.24, 2.45) is 4.99 Å². The van der Waals surface area contributed by atoms with E-state index in [-0.39, 0.29) is 19.1 Å². The van der Waals surface area contributed by atoms with Gasteiger partial charge < -0.3 is 14.2 Å². The lowest BCUT2D eigenvalue weighted by molar-refractivity contribution is -0.137. The molecule has 0 aliphatic carbocycles. The lowest BCUT2D eigenvalue weighted by Gasteiger charge is -2.21. The van der Waals surface area contributed by atoms with Crippen LogP contribution in [0.4, 0.5) is 18.9 Å². The van der Waals surface area contributed by atoms with E-state index in [2.05, 4.69) is 4.99 Å². The Morgan fingerprint density at radius 3 is 2.54 bits per heavy atom. The van der Waals surface area contributed by atoms with Gasteiger partial charge in [-0.05, 0) is 17.7 Å². The van der Waals surface area contributed by atoms with Crippen LogP contribution in [0, 0.1) is 0 Å². The van der Waals surface area contributed by atoms with Gasteiger partial charge in [0.1, 0.15) is 12.4 Å². The van der Waals surface area contributed by atoms with E-state index in [1.165, 1.54) is 6.07 Å². The van der Waals surface area contributed by atoms with Crippen LogP contribution in [-0.2, 0) is 11.6 Å². The number of para-hydroxylation sites is 1. The third-order valence-corrected chi connectivity index (χ3v) is 4.65. The third-order valence-electron chi connectivity index (χ3n) is 4.65. The Hall–Kier alpha value is -2.70. The molecule has 0 bridgehead atoms. The Labute approximate surface area is 134 Å². The summed E-state index contributed by atoms with van der Waals surface area (Å²) in [6.07, 6.45) is -2.91. The number of alkyl halides is 3. The number of hydrogen-bond donors (Lipinski definition) is 0. The number of fused-ring (bicyclic) bond motifs is 5. The highest BCUT2D eigenvalue weighted by Gasteiger charge is 2.48. The lowest BCUT2D eigenvalue weighted by Crippen LogP contribution is -2.29. The number of rotatable bonds is 0. The summed E-state index contributed by atoms with van der Waals surface area (Å²) in [5.41, 5.74) is -0.364. The van der Waals surface area contributed by atoms with E-state index in [1.807, 2.05) is 0 Å². The zero-order chi connectivity index (χ0) is 16.5. The maximum Gasteiger partial charge on any atom is 0.418 e. The van der Waals surface area contributed by atoms with Crippen LogP contribution in [0.1, 0.15) is 16.7 Å². The molecule has 1 atom stereocenters. The molecule has 0 aromatic heterocycles. The smallest absolute Gasteiger partial charge is 0.418 e. The SMILES string of the molecule is FC(F)(F)c1cccc2c1N=CC21COc2cc3c(cc21)OCO3. The van der Waals surface area contributed by atoms with Crippen molar-refractivity contribution in [3.63, 3.8) is 0 Å². The largest absolute Gasteiger partial charge is 0.491 e. The fraction of sp³-hybridized carbons (Fsp3) is 0.235. The molecule has 0 N–H and O–H groups in total. The van der Waals surface area contributed by atoms with Crippen molar-refractivity contribution in [3.8, 4) is 17.2 Å². The van der Waals surface area contributed by atoms with Gasteiger partial charge in [-0.25, -0.2) is 0 Å². The van der Waals surface area contributed by atoms with Crippen LogP contribution < -0.4 is 14.2 Å². The maximum atomic E-state index is 13.3. The minimum Gasteiger partial charge on any atom is -0.491 e. The van der Waals surface area contributed by atoms with Crippen LogP contribution in [0.3, 0.4) is 0 Å². The molecule has 122 valence electrons. The Bertz CT molecular complexity index is 907. The summed E-state index contributed by atoms with van der Waals surface area (Å²) < 4.78 is 56.2. The first-order chi connectivity index (χ1) is 11.5. The van der Waals surface area contributed by atoms with Crippen molar-refractivity contribution in [1.29, 1.82) is 0 Å². The van der Waals surface area contributed by atoms with Crippen LogP contribution in [0.25, 0.3) is 0 Å². The average molecular weight is 333 g/mol. The first kappa shape index (κ1) is 13.7. The summed E-state index contributed by atoms with van der Waals surface area (Å²) in [6.45, 7) is 0.317. The number of hydrogen-bond acceptors (Lipinski definition) is 4. The van der Waals surface area contributed by atoms with E-state index in [9.17, 15) is 13.2 Å². The fourth-order valence-corrected chi connectivity index (χ4v) is 3.51. The van der Waals surface area contributed by atoms with Gasteiger partial charge in [0.05, 0.1) is 16.7 Å². The quantitative estimate of drug-likeness (QED) is 0.736. The summed E-state index contributed by atoms with van der Waals surface area (Å²) in [7, 11) is 0. The van der Waals surface area contributed by atoms with Gasteiger partial charge in [-0.1, -0.05) is 12.1 Å². The predicted molar refractivity (Wildman–Crippen MR) is 78.4 cm³/mol. The van der Waals surface area contributed by atoms with Crippen LogP contribution in [0.2, 0.25) is 0 Å². The van der Waals surface area contributed by atoms with Gasteiger partial charge in [0, 0.05) is 17.8 Å². The monoisotopic (exact) mass is 333 g/mol. The highest BCUT2D eigenvalue weighted by molar-refractivity contribution is 5.92. The molecule has 5 rings (SSSR count). The second-order valence-electron chi connectivity index (χ2n) is 5.92. The Balaban J connectivity index is 1.72. The summed E-state index contributed by atoms with van der Waals surface area (Å²) in [5.74, 6) is 1.72. The first-order valence-electron chi connectivity index (χ1n) is 7.32. The van der Waals surface area contributed by atoms with E-state index < -0.39 is 17.2 Å². The molecule has 2 aromatic rings. The van der Waals surface area contributed by atoms with Gasteiger partial charge in [-0.2, -0.15) is 13.2 Å². The first-order valence-corrected chi connectivity index (χ1v) is 7.32. The molecule has 0 saturated heterocycles. The molecule has 1 unspecified atom stereocenters. The minimum absolute atomic E-state index is 0.0425. The lowest BCUT2D eigenvalue weighted by atomic mass is 9.77. The molecule has 0 radical (unpaired) electrons.